The van der Waals surface area contributed by atoms with E-state index in [1.807, 2.05) is 43.3 Å². The molecule has 28 heavy (non-hydrogen) atoms. The van der Waals surface area contributed by atoms with Crippen LogP contribution < -0.4 is 0 Å². The third-order valence-electron chi connectivity index (χ3n) is 5.89. The molecular weight excluding hydrogens is 356 g/mol. The summed E-state index contributed by atoms with van der Waals surface area (Å²) in [4.78, 5) is 36.8. The summed E-state index contributed by atoms with van der Waals surface area (Å²) in [6, 6.07) is 11.9. The Hall–Kier alpha value is -2.80. The number of likely N-dealkylation sites (tertiary alicyclic amines) is 2. The topological polar surface area (TPSA) is 86.6 Å². The molecule has 2 fully saturated rings. The van der Waals surface area contributed by atoms with Crippen molar-refractivity contribution in [1.82, 2.24) is 19.8 Å². The summed E-state index contributed by atoms with van der Waals surface area (Å²) >= 11 is 0. The molecule has 2 saturated heterocycles. The number of nitrogens with zero attached hydrogens (tertiary/aromatic N) is 4. The average molecular weight is 380 g/mol. The lowest BCUT2D eigenvalue weighted by molar-refractivity contribution is -0.149. The van der Waals surface area contributed by atoms with E-state index in [1.165, 1.54) is 6.92 Å². The van der Waals surface area contributed by atoms with Crippen molar-refractivity contribution in [2.24, 2.45) is 11.3 Å². The van der Waals surface area contributed by atoms with Crippen molar-refractivity contribution in [3.63, 3.8) is 0 Å². The molecular formula is C21H24N4O3. The van der Waals surface area contributed by atoms with Crippen LogP contribution in [-0.4, -0.2) is 62.9 Å². The van der Waals surface area contributed by atoms with Gasteiger partial charge in [-0.25, -0.2) is 9.97 Å². The second-order valence-electron chi connectivity index (χ2n) is 7.90. The van der Waals surface area contributed by atoms with Crippen LogP contribution in [0.1, 0.15) is 18.4 Å². The van der Waals surface area contributed by atoms with Crippen molar-refractivity contribution >= 4 is 11.9 Å². The van der Waals surface area contributed by atoms with Crippen molar-refractivity contribution in [2.75, 3.05) is 26.2 Å². The highest BCUT2D eigenvalue weighted by molar-refractivity contribution is 5.80. The smallest absolute Gasteiger partial charge is 0.313 e. The molecule has 0 aliphatic carbocycles. The molecule has 0 unspecified atom stereocenters. The van der Waals surface area contributed by atoms with Gasteiger partial charge < -0.3 is 10.0 Å². The van der Waals surface area contributed by atoms with Gasteiger partial charge in [0.2, 0.25) is 5.91 Å². The maximum absolute atomic E-state index is 12.1. The second-order valence-corrected chi connectivity index (χ2v) is 7.90. The quantitative estimate of drug-likeness (QED) is 0.871. The highest BCUT2D eigenvalue weighted by atomic mass is 16.4. The normalized spacial score (nSPS) is 24.4. The van der Waals surface area contributed by atoms with Crippen LogP contribution in [0.2, 0.25) is 0 Å². The van der Waals surface area contributed by atoms with Gasteiger partial charge >= 0.3 is 5.97 Å². The van der Waals surface area contributed by atoms with Gasteiger partial charge in [0.1, 0.15) is 11.2 Å². The summed E-state index contributed by atoms with van der Waals surface area (Å²) in [6.07, 6.45) is 0. The lowest BCUT2D eigenvalue weighted by Gasteiger charge is -2.24. The van der Waals surface area contributed by atoms with Gasteiger partial charge in [-0.2, -0.15) is 0 Å². The Kier molecular flexibility index (Phi) is 4.63. The number of hydrogen-bond acceptors (Lipinski definition) is 5. The maximum atomic E-state index is 12.1. The van der Waals surface area contributed by atoms with E-state index in [1.54, 1.807) is 4.90 Å². The molecule has 2 atom stereocenters. The van der Waals surface area contributed by atoms with Crippen molar-refractivity contribution in [2.45, 2.75) is 20.4 Å². The minimum absolute atomic E-state index is 0.0592. The van der Waals surface area contributed by atoms with Gasteiger partial charge in [-0.05, 0) is 13.0 Å². The first-order chi connectivity index (χ1) is 13.4. The molecule has 2 aliphatic heterocycles. The first-order valence-corrected chi connectivity index (χ1v) is 9.48. The summed E-state index contributed by atoms with van der Waals surface area (Å²) in [5.74, 6) is -0.245. The third-order valence-corrected chi connectivity index (χ3v) is 5.89. The summed E-state index contributed by atoms with van der Waals surface area (Å²) < 4.78 is 0. The lowest BCUT2D eigenvalue weighted by atomic mass is 9.81. The molecule has 2 aliphatic rings. The van der Waals surface area contributed by atoms with Gasteiger partial charge in [-0.15, -0.1) is 0 Å². The Morgan fingerprint density at radius 3 is 2.57 bits per heavy atom. The number of benzene rings is 1. The van der Waals surface area contributed by atoms with E-state index in [2.05, 4.69) is 9.88 Å². The molecule has 4 rings (SSSR count). The first kappa shape index (κ1) is 18.6. The van der Waals surface area contributed by atoms with E-state index in [9.17, 15) is 14.7 Å². The number of aliphatic carboxylic acids is 1. The van der Waals surface area contributed by atoms with Crippen molar-refractivity contribution < 1.29 is 14.7 Å². The van der Waals surface area contributed by atoms with Crippen molar-refractivity contribution in [3.05, 3.63) is 47.9 Å². The van der Waals surface area contributed by atoms with Crippen molar-refractivity contribution in [1.29, 1.82) is 0 Å². The van der Waals surface area contributed by atoms with Crippen LogP contribution in [0.4, 0.5) is 0 Å². The second kappa shape index (κ2) is 6.98. The summed E-state index contributed by atoms with van der Waals surface area (Å²) in [5.41, 5.74) is 1.90. The fourth-order valence-electron chi connectivity index (χ4n) is 4.49. The molecule has 0 radical (unpaired) electrons. The molecule has 2 aromatic rings. The molecule has 0 bridgehead atoms. The number of carboxylic acid groups (broad SMARTS) is 1. The molecule has 1 amide bonds. The minimum atomic E-state index is -0.891. The maximum Gasteiger partial charge on any atom is 0.313 e. The van der Waals surface area contributed by atoms with Crippen LogP contribution in [0.5, 0.6) is 0 Å². The number of aromatic nitrogens is 2. The molecule has 1 aromatic carbocycles. The van der Waals surface area contributed by atoms with Gasteiger partial charge in [0.05, 0.1) is 12.2 Å². The van der Waals surface area contributed by atoms with E-state index in [0.717, 1.165) is 17.0 Å². The van der Waals surface area contributed by atoms with Crippen LogP contribution in [0.25, 0.3) is 11.3 Å². The van der Waals surface area contributed by atoms with Crippen LogP contribution in [-0.2, 0) is 16.1 Å². The summed E-state index contributed by atoms with van der Waals surface area (Å²) in [6.45, 7) is 5.78. The number of rotatable bonds is 4. The number of hydrogen-bond donors (Lipinski definition) is 1. The van der Waals surface area contributed by atoms with E-state index in [0.29, 0.717) is 32.0 Å². The molecule has 7 heteroatoms. The van der Waals surface area contributed by atoms with Gasteiger partial charge in [0.15, 0.2) is 0 Å². The Balaban J connectivity index is 1.54. The summed E-state index contributed by atoms with van der Waals surface area (Å²) in [5, 5.41) is 9.90. The Bertz CT molecular complexity index is 917. The predicted octanol–water partition coefficient (Wildman–Crippen LogP) is 1.82. The Labute approximate surface area is 164 Å². The number of carbonyl (C=O) groups excluding carboxylic acids is 1. The van der Waals surface area contributed by atoms with Gasteiger partial charge in [-0.3, -0.25) is 14.5 Å². The zero-order valence-corrected chi connectivity index (χ0v) is 16.1. The fourth-order valence-corrected chi connectivity index (χ4v) is 4.49. The standard InChI is InChI=1S/C21H24N4O3/c1-14-8-18(16-6-4-3-5-7-16)23-19(22-14)11-24-9-17-10-25(15(2)26)13-21(17,12-24)20(27)28/h3-8,17H,9-13H2,1-2H3,(H,27,28)/t17-,21-/m1/s1. The van der Waals surface area contributed by atoms with Gasteiger partial charge in [0.25, 0.3) is 0 Å². The SMILES string of the molecule is CC(=O)N1C[C@H]2CN(Cc3nc(C)cc(-c4ccccc4)n3)C[C@@]2(C(=O)O)C1. The first-order valence-electron chi connectivity index (χ1n) is 9.48. The molecule has 7 nitrogen and oxygen atoms in total. The van der Waals surface area contributed by atoms with E-state index >= 15 is 0 Å². The molecule has 3 heterocycles. The number of fused-ring (bicyclic) bond motifs is 1. The zero-order chi connectivity index (χ0) is 19.9. The van der Waals surface area contributed by atoms with Crippen molar-refractivity contribution in [3.8, 4) is 11.3 Å². The highest BCUT2D eigenvalue weighted by Gasteiger charge is 2.58. The largest absolute Gasteiger partial charge is 0.481 e. The molecule has 0 spiro atoms. The third kappa shape index (κ3) is 3.26. The Morgan fingerprint density at radius 1 is 1.18 bits per heavy atom. The summed E-state index contributed by atoms with van der Waals surface area (Å²) in [7, 11) is 0. The Morgan fingerprint density at radius 2 is 1.93 bits per heavy atom. The molecule has 146 valence electrons. The van der Waals surface area contributed by atoms with Crippen LogP contribution in [0, 0.1) is 18.3 Å². The predicted molar refractivity (Wildman–Crippen MR) is 103 cm³/mol. The van der Waals surface area contributed by atoms with Crippen LogP contribution in [0.15, 0.2) is 36.4 Å². The minimum Gasteiger partial charge on any atom is -0.481 e. The monoisotopic (exact) mass is 380 g/mol. The molecule has 0 saturated carbocycles. The number of carbonyl (C=O) groups is 2. The van der Waals surface area contributed by atoms with Gasteiger partial charge in [0, 0.05) is 50.3 Å². The molecule has 1 aromatic heterocycles. The molecule has 1 N–H and O–H groups in total. The van der Waals surface area contributed by atoms with E-state index in [-0.39, 0.29) is 18.4 Å². The lowest BCUT2D eigenvalue weighted by Crippen LogP contribution is -2.41. The van der Waals surface area contributed by atoms with E-state index < -0.39 is 11.4 Å². The fraction of sp³-hybridized carbons (Fsp3) is 0.429. The highest BCUT2D eigenvalue weighted by Crippen LogP contribution is 2.43. The zero-order valence-electron chi connectivity index (χ0n) is 16.1. The van der Waals surface area contributed by atoms with E-state index in [4.69, 9.17) is 4.98 Å². The number of amides is 1. The van der Waals surface area contributed by atoms with Crippen LogP contribution >= 0.6 is 0 Å². The van der Waals surface area contributed by atoms with Gasteiger partial charge in [-0.1, -0.05) is 30.3 Å². The van der Waals surface area contributed by atoms with Crippen LogP contribution in [0.3, 0.4) is 0 Å². The number of carboxylic acids is 1. The average Bonchev–Trinajstić information content (AvgIpc) is 3.17. The number of aryl methyl sites for hydroxylation is 1.